The Balaban J connectivity index is 1.80. The summed E-state index contributed by atoms with van der Waals surface area (Å²) in [5, 5.41) is 10.2. The monoisotopic (exact) mass is 305 g/mol. The van der Waals surface area contributed by atoms with Gasteiger partial charge in [-0.2, -0.15) is 0 Å². The Kier molecular flexibility index (Phi) is 4.84. The van der Waals surface area contributed by atoms with Crippen LogP contribution in [0.2, 0.25) is 0 Å². The number of imidazole rings is 1. The predicted molar refractivity (Wildman–Crippen MR) is 91.9 cm³/mol. The number of phenols is 1. The number of aliphatic imine (C=N–C) groups is 1. The van der Waals surface area contributed by atoms with Gasteiger partial charge in [0.05, 0.1) is 12.0 Å². The van der Waals surface area contributed by atoms with Gasteiger partial charge in [-0.3, -0.25) is 4.99 Å². The summed E-state index contributed by atoms with van der Waals surface area (Å²) in [6, 6.07) is 17.3. The van der Waals surface area contributed by atoms with Crippen molar-refractivity contribution in [2.45, 2.75) is 13.0 Å². The van der Waals surface area contributed by atoms with Crippen LogP contribution < -0.4 is 0 Å². The summed E-state index contributed by atoms with van der Waals surface area (Å²) in [5.74, 6) is 0.254. The molecule has 0 saturated carbocycles. The summed E-state index contributed by atoms with van der Waals surface area (Å²) in [6.45, 7) is 1.57. The number of aromatic nitrogens is 2. The van der Waals surface area contributed by atoms with Crippen LogP contribution in [0.4, 0.5) is 0 Å². The van der Waals surface area contributed by atoms with Crippen LogP contribution in [0.5, 0.6) is 5.75 Å². The second kappa shape index (κ2) is 7.40. The maximum absolute atomic E-state index is 10.2. The van der Waals surface area contributed by atoms with Gasteiger partial charge in [-0.25, -0.2) is 4.98 Å². The minimum atomic E-state index is 0.254. The Bertz CT molecular complexity index is 764. The molecule has 2 aromatic carbocycles. The molecule has 116 valence electrons. The quantitative estimate of drug-likeness (QED) is 0.559. The number of hydrogen-bond donors (Lipinski definition) is 1. The second-order valence-electron chi connectivity index (χ2n) is 5.27. The van der Waals surface area contributed by atoms with E-state index in [-0.39, 0.29) is 5.75 Å². The maximum Gasteiger partial charge on any atom is 0.124 e. The normalized spacial score (nSPS) is 11.6. The highest BCUT2D eigenvalue weighted by Crippen LogP contribution is 2.20. The summed E-state index contributed by atoms with van der Waals surface area (Å²) >= 11 is 0. The third-order valence-corrected chi connectivity index (χ3v) is 3.61. The molecule has 23 heavy (non-hydrogen) atoms. The Hall–Kier alpha value is -2.88. The van der Waals surface area contributed by atoms with Crippen molar-refractivity contribution >= 4 is 5.71 Å². The van der Waals surface area contributed by atoms with E-state index in [4.69, 9.17) is 4.99 Å². The van der Waals surface area contributed by atoms with E-state index in [1.54, 1.807) is 12.3 Å². The first kappa shape index (κ1) is 15.0. The fourth-order valence-corrected chi connectivity index (χ4v) is 2.47. The minimum absolute atomic E-state index is 0.254. The second-order valence-corrected chi connectivity index (χ2v) is 5.27. The van der Waals surface area contributed by atoms with E-state index in [1.165, 1.54) is 0 Å². The van der Waals surface area contributed by atoms with E-state index in [1.807, 2.05) is 65.6 Å². The van der Waals surface area contributed by atoms with Crippen LogP contribution in [-0.4, -0.2) is 26.9 Å². The van der Waals surface area contributed by atoms with E-state index >= 15 is 0 Å². The van der Waals surface area contributed by atoms with Gasteiger partial charge in [0.2, 0.25) is 0 Å². The summed E-state index contributed by atoms with van der Waals surface area (Å²) in [6.07, 6.45) is 6.46. The molecule has 4 heteroatoms. The smallest absolute Gasteiger partial charge is 0.124 e. The first-order valence-electron chi connectivity index (χ1n) is 7.68. The van der Waals surface area contributed by atoms with Crippen molar-refractivity contribution in [2.24, 2.45) is 4.99 Å². The van der Waals surface area contributed by atoms with E-state index in [0.717, 1.165) is 29.8 Å². The average molecular weight is 305 g/mol. The van der Waals surface area contributed by atoms with Crippen molar-refractivity contribution in [3.8, 4) is 5.75 Å². The minimum Gasteiger partial charge on any atom is -0.507 e. The summed E-state index contributed by atoms with van der Waals surface area (Å²) in [7, 11) is 0. The zero-order valence-electron chi connectivity index (χ0n) is 12.8. The number of aryl methyl sites for hydroxylation is 1. The van der Waals surface area contributed by atoms with Crippen LogP contribution in [0.3, 0.4) is 0 Å². The number of nitrogens with zero attached hydrogens (tertiary/aromatic N) is 3. The molecule has 0 spiro atoms. The molecule has 0 radical (unpaired) electrons. The van der Waals surface area contributed by atoms with Crippen molar-refractivity contribution in [3.63, 3.8) is 0 Å². The fraction of sp³-hybridized carbons (Fsp3) is 0.158. The lowest BCUT2D eigenvalue weighted by Gasteiger charge is -2.09. The van der Waals surface area contributed by atoms with Crippen molar-refractivity contribution in [1.82, 2.24) is 9.55 Å². The molecule has 0 aliphatic heterocycles. The van der Waals surface area contributed by atoms with Gasteiger partial charge in [-0.15, -0.1) is 0 Å². The van der Waals surface area contributed by atoms with Gasteiger partial charge in [-0.05, 0) is 18.6 Å². The lowest BCUT2D eigenvalue weighted by Crippen LogP contribution is -2.06. The van der Waals surface area contributed by atoms with Crippen LogP contribution in [0.15, 0.2) is 78.3 Å². The van der Waals surface area contributed by atoms with E-state index in [2.05, 4.69) is 4.98 Å². The van der Waals surface area contributed by atoms with Crippen LogP contribution in [-0.2, 0) is 6.54 Å². The number of benzene rings is 2. The molecular formula is C19H19N3O. The molecule has 1 N–H and O–H groups in total. The van der Waals surface area contributed by atoms with Gasteiger partial charge >= 0.3 is 0 Å². The van der Waals surface area contributed by atoms with Gasteiger partial charge in [0.15, 0.2) is 0 Å². The Labute approximate surface area is 135 Å². The fourth-order valence-electron chi connectivity index (χ4n) is 2.47. The molecule has 1 aromatic heterocycles. The zero-order chi connectivity index (χ0) is 15.9. The summed E-state index contributed by atoms with van der Waals surface area (Å²) in [5.41, 5.74) is 2.60. The molecule has 0 fully saturated rings. The molecule has 0 aliphatic rings. The van der Waals surface area contributed by atoms with Gasteiger partial charge in [0.1, 0.15) is 5.75 Å². The third-order valence-electron chi connectivity index (χ3n) is 3.61. The molecule has 0 amide bonds. The molecule has 0 bridgehead atoms. The highest BCUT2D eigenvalue weighted by molar-refractivity contribution is 6.14. The topological polar surface area (TPSA) is 50.4 Å². The largest absolute Gasteiger partial charge is 0.507 e. The SMILES string of the molecule is Oc1ccccc1/C(=N\CCCn1ccnc1)c1ccccc1. The molecule has 0 aliphatic carbocycles. The van der Waals surface area contributed by atoms with Crippen LogP contribution >= 0.6 is 0 Å². The van der Waals surface area contributed by atoms with Crippen LogP contribution in [0.1, 0.15) is 17.5 Å². The van der Waals surface area contributed by atoms with E-state index in [0.29, 0.717) is 6.54 Å². The van der Waals surface area contributed by atoms with Gasteiger partial charge < -0.3 is 9.67 Å². The molecular weight excluding hydrogens is 286 g/mol. The number of phenolic OH excluding ortho intramolecular Hbond substituents is 1. The standard InChI is InChI=1S/C19H19N3O/c23-18-10-5-4-9-17(18)19(16-7-2-1-3-8-16)21-11-6-13-22-14-12-20-15-22/h1-5,7-10,12,14-15,23H,6,11,13H2/b21-19-. The Morgan fingerprint density at radius 3 is 2.57 bits per heavy atom. The van der Waals surface area contributed by atoms with E-state index in [9.17, 15) is 5.11 Å². The molecule has 4 nitrogen and oxygen atoms in total. The average Bonchev–Trinajstić information content (AvgIpc) is 3.10. The first-order valence-corrected chi connectivity index (χ1v) is 7.68. The van der Waals surface area contributed by atoms with Gasteiger partial charge in [-0.1, -0.05) is 42.5 Å². The highest BCUT2D eigenvalue weighted by Gasteiger charge is 2.10. The lowest BCUT2D eigenvalue weighted by atomic mass is 10.0. The third kappa shape index (κ3) is 3.86. The van der Waals surface area contributed by atoms with Crippen LogP contribution in [0, 0.1) is 0 Å². The number of rotatable bonds is 6. The lowest BCUT2D eigenvalue weighted by molar-refractivity contribution is 0.474. The summed E-state index contributed by atoms with van der Waals surface area (Å²) in [4.78, 5) is 8.78. The molecule has 0 unspecified atom stereocenters. The van der Waals surface area contributed by atoms with Crippen molar-refractivity contribution in [1.29, 1.82) is 0 Å². The van der Waals surface area contributed by atoms with Crippen LogP contribution in [0.25, 0.3) is 0 Å². The number of aromatic hydroxyl groups is 1. The Morgan fingerprint density at radius 1 is 1.04 bits per heavy atom. The maximum atomic E-state index is 10.2. The molecule has 3 aromatic rings. The Morgan fingerprint density at radius 2 is 1.83 bits per heavy atom. The van der Waals surface area contributed by atoms with Gasteiger partial charge in [0, 0.05) is 36.6 Å². The molecule has 1 heterocycles. The zero-order valence-corrected chi connectivity index (χ0v) is 12.8. The number of para-hydroxylation sites is 1. The van der Waals surface area contributed by atoms with Gasteiger partial charge in [0.25, 0.3) is 0 Å². The van der Waals surface area contributed by atoms with Crippen molar-refractivity contribution < 1.29 is 5.11 Å². The molecule has 0 saturated heterocycles. The van der Waals surface area contributed by atoms with Crippen molar-refractivity contribution in [3.05, 3.63) is 84.4 Å². The van der Waals surface area contributed by atoms with E-state index < -0.39 is 0 Å². The summed E-state index contributed by atoms with van der Waals surface area (Å²) < 4.78 is 2.04. The highest BCUT2D eigenvalue weighted by atomic mass is 16.3. The molecule has 3 rings (SSSR count). The first-order chi connectivity index (χ1) is 11.3. The van der Waals surface area contributed by atoms with Crippen molar-refractivity contribution in [2.75, 3.05) is 6.54 Å². The predicted octanol–water partition coefficient (Wildman–Crippen LogP) is 3.52. The molecule has 0 atom stereocenters. The number of hydrogen-bond acceptors (Lipinski definition) is 3.